The standard InChI is InChI=1S/C34H65N/c1-24-33(18)30(12,13)28(8,9)23-26(4,5)21-20-25(2,3)22-27(6,7)29(10,11)31(14,15)32(16,17)35-34(24,33)19/h20-21,24,35H,22-23H2,1-19H3/b21-20-. The molecule has 0 aromatic heterocycles. The molecular weight excluding hydrogens is 422 g/mol. The van der Waals surface area contributed by atoms with Crippen molar-refractivity contribution in [2.24, 2.45) is 49.2 Å². The van der Waals surface area contributed by atoms with Crippen molar-refractivity contribution in [3.05, 3.63) is 12.2 Å². The summed E-state index contributed by atoms with van der Waals surface area (Å²) in [4.78, 5) is 0. The van der Waals surface area contributed by atoms with Crippen LogP contribution < -0.4 is 5.32 Å². The van der Waals surface area contributed by atoms with Gasteiger partial charge in [-0.05, 0) is 82.9 Å². The molecule has 1 N–H and O–H groups in total. The molecule has 0 amide bonds. The highest BCUT2D eigenvalue weighted by atomic mass is 15.2. The molecule has 1 aliphatic carbocycles. The van der Waals surface area contributed by atoms with E-state index in [1.807, 2.05) is 0 Å². The van der Waals surface area contributed by atoms with E-state index in [4.69, 9.17) is 0 Å². The number of allylic oxidation sites excluding steroid dienone is 2. The largest absolute Gasteiger partial charge is 0.305 e. The third-order valence-electron chi connectivity index (χ3n) is 13.9. The molecule has 0 spiro atoms. The van der Waals surface area contributed by atoms with Gasteiger partial charge in [0.2, 0.25) is 0 Å². The second-order valence-corrected chi connectivity index (χ2v) is 18.2. The molecule has 3 atom stereocenters. The SMILES string of the molecule is CC1C2(C)NC(C)(C)C(C)(C)C(C)(C)C(C)(C)CC(C)(C)/C=C\C(C)(C)CC(C)(C)C(C)(C)C12C. The Morgan fingerprint density at radius 3 is 1.23 bits per heavy atom. The predicted octanol–water partition coefficient (Wildman–Crippen LogP) is 10.3. The van der Waals surface area contributed by atoms with Crippen molar-refractivity contribution in [1.29, 1.82) is 0 Å². The zero-order valence-corrected chi connectivity index (χ0v) is 27.6. The third kappa shape index (κ3) is 4.30. The van der Waals surface area contributed by atoms with Crippen LogP contribution in [0.5, 0.6) is 0 Å². The lowest BCUT2D eigenvalue weighted by Gasteiger charge is -2.61. The van der Waals surface area contributed by atoms with Crippen molar-refractivity contribution in [3.8, 4) is 0 Å². The van der Waals surface area contributed by atoms with Crippen LogP contribution in [0.2, 0.25) is 0 Å². The zero-order chi connectivity index (χ0) is 28.1. The van der Waals surface area contributed by atoms with Crippen molar-refractivity contribution in [1.82, 2.24) is 5.32 Å². The van der Waals surface area contributed by atoms with Crippen molar-refractivity contribution in [2.45, 2.75) is 155 Å². The Morgan fingerprint density at radius 1 is 0.514 bits per heavy atom. The molecule has 1 heterocycles. The van der Waals surface area contributed by atoms with Gasteiger partial charge in [0, 0.05) is 11.1 Å². The van der Waals surface area contributed by atoms with E-state index in [0.29, 0.717) is 5.92 Å². The maximum Gasteiger partial charge on any atom is 0.0252 e. The van der Waals surface area contributed by atoms with Crippen LogP contribution in [0.15, 0.2) is 12.2 Å². The first kappa shape index (κ1) is 30.9. The average Bonchev–Trinajstić information content (AvgIpc) is 3.03. The van der Waals surface area contributed by atoms with E-state index in [0.717, 1.165) is 0 Å². The van der Waals surface area contributed by atoms with Gasteiger partial charge in [-0.3, -0.25) is 0 Å². The molecule has 0 aromatic rings. The number of rotatable bonds is 0. The van der Waals surface area contributed by atoms with Gasteiger partial charge < -0.3 is 5.32 Å². The van der Waals surface area contributed by atoms with Crippen LogP contribution in [-0.4, -0.2) is 11.1 Å². The Balaban J connectivity index is 2.80. The van der Waals surface area contributed by atoms with Gasteiger partial charge in [-0.15, -0.1) is 0 Å². The topological polar surface area (TPSA) is 12.0 Å². The molecule has 1 saturated carbocycles. The molecule has 206 valence electrons. The molecule has 2 rings (SSSR count). The molecule has 2 aliphatic rings. The number of nitrogens with one attached hydrogen (secondary N) is 1. The first-order valence-electron chi connectivity index (χ1n) is 14.5. The van der Waals surface area contributed by atoms with E-state index in [-0.39, 0.29) is 54.4 Å². The maximum atomic E-state index is 4.37. The molecule has 0 saturated heterocycles. The first-order chi connectivity index (χ1) is 15.0. The Morgan fingerprint density at radius 2 is 0.857 bits per heavy atom. The summed E-state index contributed by atoms with van der Waals surface area (Å²) in [5.74, 6) is 0.612. The van der Waals surface area contributed by atoms with Gasteiger partial charge >= 0.3 is 0 Å². The second kappa shape index (κ2) is 7.86. The van der Waals surface area contributed by atoms with E-state index >= 15 is 0 Å². The highest BCUT2D eigenvalue weighted by Gasteiger charge is 2.77. The number of hydrogen-bond acceptors (Lipinski definition) is 1. The summed E-state index contributed by atoms with van der Waals surface area (Å²) in [6.07, 6.45) is 7.45. The van der Waals surface area contributed by atoms with Gasteiger partial charge in [-0.25, -0.2) is 0 Å². The lowest BCUT2D eigenvalue weighted by Crippen LogP contribution is -2.64. The second-order valence-electron chi connectivity index (χ2n) is 18.2. The molecule has 3 unspecified atom stereocenters. The van der Waals surface area contributed by atoms with Gasteiger partial charge in [0.15, 0.2) is 0 Å². The maximum absolute atomic E-state index is 4.37. The molecule has 0 aromatic carbocycles. The van der Waals surface area contributed by atoms with E-state index in [9.17, 15) is 0 Å². The van der Waals surface area contributed by atoms with E-state index in [2.05, 4.69) is 149 Å². The highest BCUT2D eigenvalue weighted by molar-refractivity contribution is 5.30. The first-order valence-corrected chi connectivity index (χ1v) is 14.5. The van der Waals surface area contributed by atoms with Crippen molar-refractivity contribution < 1.29 is 0 Å². The fourth-order valence-electron chi connectivity index (χ4n) is 8.91. The summed E-state index contributed by atoms with van der Waals surface area (Å²) in [6.45, 7) is 47.7. The lowest BCUT2D eigenvalue weighted by molar-refractivity contribution is -0.0914. The fourth-order valence-corrected chi connectivity index (χ4v) is 8.91. The fraction of sp³-hybridized carbons (Fsp3) is 0.941. The van der Waals surface area contributed by atoms with Crippen LogP contribution in [0.3, 0.4) is 0 Å². The molecule has 1 nitrogen and oxygen atoms in total. The van der Waals surface area contributed by atoms with Gasteiger partial charge in [0.05, 0.1) is 0 Å². The van der Waals surface area contributed by atoms with Crippen LogP contribution in [0.4, 0.5) is 0 Å². The minimum absolute atomic E-state index is 0.0335. The number of fused-ring (bicyclic) bond motifs is 1. The van der Waals surface area contributed by atoms with Crippen LogP contribution in [0, 0.1) is 49.2 Å². The molecule has 1 fully saturated rings. The minimum Gasteiger partial charge on any atom is -0.305 e. The summed E-state index contributed by atoms with van der Waals surface area (Å²) in [7, 11) is 0. The van der Waals surface area contributed by atoms with Crippen LogP contribution in [0.1, 0.15) is 144 Å². The van der Waals surface area contributed by atoms with Crippen molar-refractivity contribution in [2.75, 3.05) is 0 Å². The van der Waals surface area contributed by atoms with Gasteiger partial charge in [-0.2, -0.15) is 0 Å². The molecule has 0 radical (unpaired) electrons. The van der Waals surface area contributed by atoms with Crippen LogP contribution in [-0.2, 0) is 0 Å². The van der Waals surface area contributed by atoms with Gasteiger partial charge in [0.1, 0.15) is 0 Å². The Labute approximate surface area is 222 Å². The summed E-state index contributed by atoms with van der Waals surface area (Å²) in [5.41, 5.74) is 1.23. The highest BCUT2D eigenvalue weighted by Crippen LogP contribution is 2.75. The van der Waals surface area contributed by atoms with E-state index < -0.39 is 0 Å². The third-order valence-corrected chi connectivity index (χ3v) is 13.9. The number of hydrogen-bond donors (Lipinski definition) is 1. The average molecular weight is 488 g/mol. The lowest BCUT2D eigenvalue weighted by atomic mass is 9.47. The molecular formula is C34H65N. The normalized spacial score (nSPS) is 41.5. The van der Waals surface area contributed by atoms with E-state index in [1.54, 1.807) is 0 Å². The molecule has 1 heteroatoms. The summed E-state index contributed by atoms with van der Waals surface area (Å²) in [5, 5.41) is 4.37. The zero-order valence-electron chi connectivity index (χ0n) is 27.6. The summed E-state index contributed by atoms with van der Waals surface area (Å²) < 4.78 is 0. The predicted molar refractivity (Wildman–Crippen MR) is 158 cm³/mol. The molecule has 1 aliphatic heterocycles. The van der Waals surface area contributed by atoms with Gasteiger partial charge in [0.25, 0.3) is 0 Å². The molecule has 0 bridgehead atoms. The quantitative estimate of drug-likeness (QED) is 0.335. The Hall–Kier alpha value is -0.300. The smallest absolute Gasteiger partial charge is 0.0252 e. The monoisotopic (exact) mass is 488 g/mol. The van der Waals surface area contributed by atoms with Crippen molar-refractivity contribution in [3.63, 3.8) is 0 Å². The summed E-state index contributed by atoms with van der Waals surface area (Å²) in [6, 6.07) is 0. The van der Waals surface area contributed by atoms with Gasteiger partial charge in [-0.1, -0.05) is 123 Å². The minimum atomic E-state index is -0.0335. The van der Waals surface area contributed by atoms with Crippen LogP contribution in [0.25, 0.3) is 0 Å². The Kier molecular flexibility index (Phi) is 6.95. The summed E-state index contributed by atoms with van der Waals surface area (Å²) >= 11 is 0. The molecule has 35 heavy (non-hydrogen) atoms. The van der Waals surface area contributed by atoms with Crippen molar-refractivity contribution >= 4 is 0 Å². The van der Waals surface area contributed by atoms with Crippen LogP contribution >= 0.6 is 0 Å². The Bertz CT molecular complexity index is 805. The van der Waals surface area contributed by atoms with E-state index in [1.165, 1.54) is 12.8 Å².